The van der Waals surface area contributed by atoms with Gasteiger partial charge in [0, 0.05) is 23.2 Å². The van der Waals surface area contributed by atoms with Gasteiger partial charge in [0.2, 0.25) is 0 Å². The lowest BCUT2D eigenvalue weighted by Crippen LogP contribution is -2.38. The molecule has 186 valence electrons. The number of para-hydroxylation sites is 2. The SMILES string of the molecule is COc1ccccc1[C@@H](N[C@@H](C)c1ccccc1)[C@H](N[C@@H](C)c1ccccc1)c1ccccc1OC. The summed E-state index contributed by atoms with van der Waals surface area (Å²) < 4.78 is 11.7. The maximum atomic E-state index is 5.85. The molecular weight excluding hydrogens is 444 g/mol. The zero-order valence-corrected chi connectivity index (χ0v) is 21.5. The van der Waals surface area contributed by atoms with Crippen molar-refractivity contribution < 1.29 is 9.47 Å². The molecule has 0 aliphatic rings. The van der Waals surface area contributed by atoms with Crippen molar-refractivity contribution in [2.45, 2.75) is 38.0 Å². The molecule has 4 atom stereocenters. The zero-order valence-electron chi connectivity index (χ0n) is 21.5. The Morgan fingerprint density at radius 3 is 1.17 bits per heavy atom. The minimum atomic E-state index is -0.112. The van der Waals surface area contributed by atoms with Crippen molar-refractivity contribution in [1.29, 1.82) is 0 Å². The molecule has 0 fully saturated rings. The summed E-state index contributed by atoms with van der Waals surface area (Å²) in [6.45, 7) is 4.41. The van der Waals surface area contributed by atoms with Crippen LogP contribution in [-0.2, 0) is 0 Å². The largest absolute Gasteiger partial charge is 0.496 e. The Hall–Kier alpha value is -3.60. The smallest absolute Gasteiger partial charge is 0.123 e. The molecule has 0 aliphatic heterocycles. The minimum Gasteiger partial charge on any atom is -0.496 e. The van der Waals surface area contributed by atoms with Gasteiger partial charge in [0.05, 0.1) is 26.3 Å². The third-order valence-electron chi connectivity index (χ3n) is 6.74. The summed E-state index contributed by atoms with van der Waals surface area (Å²) >= 11 is 0. The highest BCUT2D eigenvalue weighted by molar-refractivity contribution is 5.43. The van der Waals surface area contributed by atoms with Crippen molar-refractivity contribution >= 4 is 0 Å². The van der Waals surface area contributed by atoms with Gasteiger partial charge in [-0.2, -0.15) is 0 Å². The number of methoxy groups -OCH3 is 2. The highest BCUT2D eigenvalue weighted by Gasteiger charge is 2.31. The van der Waals surface area contributed by atoms with Crippen molar-refractivity contribution in [1.82, 2.24) is 10.6 Å². The molecule has 0 heterocycles. The van der Waals surface area contributed by atoms with E-state index in [0.717, 1.165) is 22.6 Å². The van der Waals surface area contributed by atoms with Gasteiger partial charge in [0.1, 0.15) is 11.5 Å². The first kappa shape index (κ1) is 25.5. The minimum absolute atomic E-state index is 0.104. The van der Waals surface area contributed by atoms with Gasteiger partial charge in [-0.1, -0.05) is 97.1 Å². The third kappa shape index (κ3) is 5.96. The molecule has 0 saturated carbocycles. The molecule has 36 heavy (non-hydrogen) atoms. The number of hydrogen-bond donors (Lipinski definition) is 2. The van der Waals surface area contributed by atoms with Crippen molar-refractivity contribution in [3.63, 3.8) is 0 Å². The zero-order chi connectivity index (χ0) is 25.3. The highest BCUT2D eigenvalue weighted by Crippen LogP contribution is 2.40. The second-order valence-corrected chi connectivity index (χ2v) is 9.04. The fourth-order valence-electron chi connectivity index (χ4n) is 4.79. The van der Waals surface area contributed by atoms with E-state index in [9.17, 15) is 0 Å². The van der Waals surface area contributed by atoms with Crippen molar-refractivity contribution in [2.75, 3.05) is 14.2 Å². The first-order valence-electron chi connectivity index (χ1n) is 12.5. The summed E-state index contributed by atoms with van der Waals surface area (Å²) in [6.07, 6.45) is 0. The van der Waals surface area contributed by atoms with Crippen LogP contribution in [0.1, 0.15) is 60.3 Å². The highest BCUT2D eigenvalue weighted by atomic mass is 16.5. The van der Waals surface area contributed by atoms with E-state index in [1.54, 1.807) is 14.2 Å². The quantitative estimate of drug-likeness (QED) is 0.238. The number of hydrogen-bond acceptors (Lipinski definition) is 4. The Balaban J connectivity index is 1.82. The van der Waals surface area contributed by atoms with Crippen LogP contribution >= 0.6 is 0 Å². The molecule has 4 heteroatoms. The maximum Gasteiger partial charge on any atom is 0.123 e. The van der Waals surface area contributed by atoms with Crippen molar-refractivity contribution in [3.05, 3.63) is 131 Å². The molecule has 0 spiro atoms. The number of ether oxygens (including phenoxy) is 2. The molecule has 2 N–H and O–H groups in total. The molecule has 4 aromatic carbocycles. The van der Waals surface area contributed by atoms with Crippen LogP contribution < -0.4 is 20.1 Å². The lowest BCUT2D eigenvalue weighted by molar-refractivity contribution is 0.310. The number of rotatable bonds is 11. The Morgan fingerprint density at radius 2 is 0.806 bits per heavy atom. The van der Waals surface area contributed by atoms with E-state index in [1.165, 1.54) is 11.1 Å². The topological polar surface area (TPSA) is 42.5 Å². The van der Waals surface area contributed by atoms with E-state index < -0.39 is 0 Å². The van der Waals surface area contributed by atoms with Crippen LogP contribution in [-0.4, -0.2) is 14.2 Å². The molecule has 4 aromatic rings. The molecular formula is C32H36N2O2. The fourth-order valence-corrected chi connectivity index (χ4v) is 4.79. The van der Waals surface area contributed by atoms with Gasteiger partial charge in [-0.15, -0.1) is 0 Å². The predicted octanol–water partition coefficient (Wildman–Crippen LogP) is 7.19. The standard InChI is InChI=1S/C32H36N2O2/c1-23(25-15-7-5-8-16-25)33-31(27-19-11-13-21-29(27)35-3)32(28-20-12-14-22-30(28)36-4)34-24(2)26-17-9-6-10-18-26/h5-24,31-34H,1-4H3/t23-,24-,31+,32+/m0/s1. The summed E-state index contributed by atoms with van der Waals surface area (Å²) in [7, 11) is 3.46. The van der Waals surface area contributed by atoms with E-state index in [-0.39, 0.29) is 24.2 Å². The van der Waals surface area contributed by atoms with Gasteiger partial charge in [0.15, 0.2) is 0 Å². The van der Waals surface area contributed by atoms with Gasteiger partial charge in [-0.25, -0.2) is 0 Å². The summed E-state index contributed by atoms with van der Waals surface area (Å²) in [5, 5.41) is 7.87. The van der Waals surface area contributed by atoms with Gasteiger partial charge in [-0.3, -0.25) is 0 Å². The summed E-state index contributed by atoms with van der Waals surface area (Å²) in [5.74, 6) is 1.70. The lowest BCUT2D eigenvalue weighted by atomic mass is 9.89. The Kier molecular flexibility index (Phi) is 8.77. The first-order valence-corrected chi connectivity index (χ1v) is 12.5. The molecule has 0 aliphatic carbocycles. The average molecular weight is 481 g/mol. The molecule has 0 aromatic heterocycles. The van der Waals surface area contributed by atoms with Crippen molar-refractivity contribution in [3.8, 4) is 11.5 Å². The number of benzene rings is 4. The van der Waals surface area contributed by atoms with Crippen LogP contribution in [0.5, 0.6) is 11.5 Å². The van der Waals surface area contributed by atoms with E-state index >= 15 is 0 Å². The Labute approximate surface area is 215 Å². The molecule has 0 amide bonds. The molecule has 0 bridgehead atoms. The maximum absolute atomic E-state index is 5.85. The van der Waals surface area contributed by atoms with E-state index in [0.29, 0.717) is 0 Å². The van der Waals surface area contributed by atoms with Gasteiger partial charge >= 0.3 is 0 Å². The summed E-state index contributed by atoms with van der Waals surface area (Å²) in [6, 6.07) is 37.6. The van der Waals surface area contributed by atoms with Crippen LogP contribution in [0, 0.1) is 0 Å². The lowest BCUT2D eigenvalue weighted by Gasteiger charge is -2.35. The van der Waals surface area contributed by atoms with Gasteiger partial charge < -0.3 is 20.1 Å². The fraction of sp³-hybridized carbons (Fsp3) is 0.250. The number of nitrogens with one attached hydrogen (secondary N) is 2. The van der Waals surface area contributed by atoms with E-state index in [1.807, 2.05) is 24.3 Å². The molecule has 4 nitrogen and oxygen atoms in total. The molecule has 4 rings (SSSR count). The normalized spacial score (nSPS) is 14.4. The van der Waals surface area contributed by atoms with Gasteiger partial charge in [-0.05, 0) is 37.1 Å². The van der Waals surface area contributed by atoms with E-state index in [4.69, 9.17) is 9.47 Å². The van der Waals surface area contributed by atoms with Crippen LogP contribution in [0.25, 0.3) is 0 Å². The van der Waals surface area contributed by atoms with Crippen LogP contribution in [0.15, 0.2) is 109 Å². The molecule has 0 saturated heterocycles. The summed E-state index contributed by atoms with van der Waals surface area (Å²) in [5.41, 5.74) is 4.64. The molecule has 0 unspecified atom stereocenters. The van der Waals surface area contributed by atoms with Crippen LogP contribution in [0.3, 0.4) is 0 Å². The Bertz CT molecular complexity index is 1120. The molecule has 0 radical (unpaired) electrons. The summed E-state index contributed by atoms with van der Waals surface area (Å²) in [4.78, 5) is 0. The Morgan fingerprint density at radius 1 is 0.472 bits per heavy atom. The van der Waals surface area contributed by atoms with Crippen LogP contribution in [0.4, 0.5) is 0 Å². The van der Waals surface area contributed by atoms with Crippen molar-refractivity contribution in [2.24, 2.45) is 0 Å². The second kappa shape index (κ2) is 12.4. The second-order valence-electron chi connectivity index (χ2n) is 9.04. The van der Waals surface area contributed by atoms with E-state index in [2.05, 4.69) is 109 Å². The third-order valence-corrected chi connectivity index (χ3v) is 6.74. The first-order chi connectivity index (χ1) is 17.6. The predicted molar refractivity (Wildman–Crippen MR) is 147 cm³/mol. The van der Waals surface area contributed by atoms with Gasteiger partial charge in [0.25, 0.3) is 0 Å². The monoisotopic (exact) mass is 480 g/mol. The van der Waals surface area contributed by atoms with Crippen LogP contribution in [0.2, 0.25) is 0 Å². The average Bonchev–Trinajstić information content (AvgIpc) is 2.95.